The van der Waals surface area contributed by atoms with Gasteiger partial charge in [-0.2, -0.15) is 0 Å². The maximum absolute atomic E-state index is 5.44. The van der Waals surface area contributed by atoms with Crippen molar-refractivity contribution in [1.82, 2.24) is 24.5 Å². The summed E-state index contributed by atoms with van der Waals surface area (Å²) in [6.07, 6.45) is 0. The van der Waals surface area contributed by atoms with Gasteiger partial charge in [-0.25, -0.2) is 19.9 Å². The highest BCUT2D eigenvalue weighted by Gasteiger charge is 2.24. The highest BCUT2D eigenvalue weighted by atomic mass is 15.0. The average Bonchev–Trinajstić information content (AvgIpc) is 3.64. The molecule has 0 aliphatic rings. The van der Waals surface area contributed by atoms with Gasteiger partial charge in [0.25, 0.3) is 0 Å². The van der Waals surface area contributed by atoms with E-state index in [-0.39, 0.29) is 10.8 Å². The molecule has 0 amide bonds. The molecule has 306 valence electrons. The lowest BCUT2D eigenvalue weighted by atomic mass is 9.86. The molecule has 0 spiro atoms. The van der Waals surface area contributed by atoms with Gasteiger partial charge in [-0.05, 0) is 64.4 Å². The Labute approximate surface area is 369 Å². The van der Waals surface area contributed by atoms with E-state index in [2.05, 4.69) is 198 Å². The van der Waals surface area contributed by atoms with E-state index in [0.717, 1.165) is 72.9 Å². The number of benzene rings is 7. The summed E-state index contributed by atoms with van der Waals surface area (Å²) in [4.78, 5) is 21.2. The van der Waals surface area contributed by atoms with Gasteiger partial charge in [-0.1, -0.05) is 187 Å². The molecule has 0 aliphatic heterocycles. The molecule has 7 aromatic carbocycles. The Kier molecular flexibility index (Phi) is 9.91. The molecule has 0 atom stereocenters. The standard InChI is InChI=1S/C58H49N5/c1-57(2,3)43-28-30-45-46-31-29-44(58(4,5)6)35-54(46)63(53(45)34-43)52-32-27-42(56-60-48(38-19-11-7-12-20-38)36-49(61-56)39-21-13-8-14-22-39)33-47(52)51-37-50(40-23-15-9-16-24-40)59-55(62-51)41-25-17-10-18-26-41/h7-37H,1-6H3. The van der Waals surface area contributed by atoms with Crippen molar-refractivity contribution in [2.75, 3.05) is 0 Å². The zero-order valence-electron chi connectivity index (χ0n) is 36.6. The van der Waals surface area contributed by atoms with E-state index >= 15 is 0 Å². The third-order valence-corrected chi connectivity index (χ3v) is 12.0. The van der Waals surface area contributed by atoms with Gasteiger partial charge >= 0.3 is 0 Å². The maximum atomic E-state index is 5.44. The van der Waals surface area contributed by atoms with E-state index in [1.165, 1.54) is 21.9 Å². The van der Waals surface area contributed by atoms with Gasteiger partial charge < -0.3 is 4.57 Å². The minimum Gasteiger partial charge on any atom is -0.309 e. The first kappa shape index (κ1) is 39.6. The molecule has 5 heteroatoms. The van der Waals surface area contributed by atoms with Crippen LogP contribution in [0.2, 0.25) is 0 Å². The second-order valence-electron chi connectivity index (χ2n) is 18.4. The molecule has 10 aromatic rings. The van der Waals surface area contributed by atoms with Gasteiger partial charge in [0, 0.05) is 44.2 Å². The van der Waals surface area contributed by atoms with Crippen LogP contribution in [0.4, 0.5) is 0 Å². The fraction of sp³-hybridized carbons (Fsp3) is 0.138. The molecule has 0 bridgehead atoms. The fourth-order valence-electron chi connectivity index (χ4n) is 8.43. The molecule has 0 unspecified atom stereocenters. The first-order valence-corrected chi connectivity index (χ1v) is 21.7. The average molecular weight is 816 g/mol. The number of rotatable bonds is 7. The molecule has 0 saturated heterocycles. The third-order valence-electron chi connectivity index (χ3n) is 12.0. The molecule has 63 heavy (non-hydrogen) atoms. The SMILES string of the molecule is CC(C)(C)c1ccc2c3ccc(C(C)(C)C)cc3n(-c3ccc(-c4nc(-c5ccccc5)cc(-c5ccccc5)n4)cc3-c3cc(-c4ccccc4)nc(-c4ccccc4)n3)c2c1. The van der Waals surface area contributed by atoms with Gasteiger partial charge in [0.2, 0.25) is 0 Å². The van der Waals surface area contributed by atoms with E-state index < -0.39 is 0 Å². The van der Waals surface area contributed by atoms with Crippen molar-refractivity contribution in [3.05, 3.63) is 199 Å². The number of aromatic nitrogens is 5. The lowest BCUT2D eigenvalue weighted by molar-refractivity contribution is 0.591. The normalized spacial score (nSPS) is 12.0. The highest BCUT2D eigenvalue weighted by Crippen LogP contribution is 2.42. The molecular formula is C58H49N5. The Morgan fingerprint density at radius 1 is 0.333 bits per heavy atom. The van der Waals surface area contributed by atoms with E-state index in [9.17, 15) is 0 Å². The third kappa shape index (κ3) is 7.72. The summed E-state index contributed by atoms with van der Waals surface area (Å²) in [5, 5.41) is 2.41. The molecule has 0 radical (unpaired) electrons. The van der Waals surface area contributed by atoms with Crippen molar-refractivity contribution >= 4 is 21.8 Å². The lowest BCUT2D eigenvalue weighted by Crippen LogP contribution is -2.11. The molecule has 3 aromatic heterocycles. The van der Waals surface area contributed by atoms with Crippen LogP contribution >= 0.6 is 0 Å². The van der Waals surface area contributed by atoms with Crippen LogP contribution in [0.25, 0.3) is 95.3 Å². The van der Waals surface area contributed by atoms with E-state index in [1.54, 1.807) is 0 Å². The fourth-order valence-corrected chi connectivity index (χ4v) is 8.43. The summed E-state index contributed by atoms with van der Waals surface area (Å²) < 4.78 is 2.46. The van der Waals surface area contributed by atoms with Crippen molar-refractivity contribution in [3.63, 3.8) is 0 Å². The largest absolute Gasteiger partial charge is 0.309 e. The second kappa shape index (κ2) is 15.8. The monoisotopic (exact) mass is 815 g/mol. The molecule has 3 heterocycles. The van der Waals surface area contributed by atoms with Crippen LogP contribution in [0, 0.1) is 0 Å². The van der Waals surface area contributed by atoms with Crippen molar-refractivity contribution in [2.45, 2.75) is 52.4 Å². The van der Waals surface area contributed by atoms with Gasteiger partial charge in [0.05, 0.1) is 39.5 Å². The molecule has 5 nitrogen and oxygen atoms in total. The quantitative estimate of drug-likeness (QED) is 0.161. The van der Waals surface area contributed by atoms with Crippen LogP contribution in [0.15, 0.2) is 188 Å². The summed E-state index contributed by atoms with van der Waals surface area (Å²) >= 11 is 0. The van der Waals surface area contributed by atoms with Crippen LogP contribution in [-0.2, 0) is 10.8 Å². The molecule has 0 N–H and O–H groups in total. The van der Waals surface area contributed by atoms with Crippen molar-refractivity contribution in [3.8, 4) is 73.5 Å². The molecule has 0 saturated carbocycles. The van der Waals surface area contributed by atoms with Crippen molar-refractivity contribution in [2.24, 2.45) is 0 Å². The van der Waals surface area contributed by atoms with E-state index in [1.807, 2.05) is 36.4 Å². The molecule has 0 aliphatic carbocycles. The van der Waals surface area contributed by atoms with Crippen LogP contribution in [-0.4, -0.2) is 24.5 Å². The lowest BCUT2D eigenvalue weighted by Gasteiger charge is -2.21. The Bertz CT molecular complexity index is 3080. The zero-order valence-corrected chi connectivity index (χ0v) is 36.6. The van der Waals surface area contributed by atoms with Crippen molar-refractivity contribution in [1.29, 1.82) is 0 Å². The first-order chi connectivity index (χ1) is 30.5. The van der Waals surface area contributed by atoms with E-state index in [4.69, 9.17) is 19.9 Å². The number of hydrogen-bond acceptors (Lipinski definition) is 4. The van der Waals surface area contributed by atoms with Gasteiger partial charge in [-0.3, -0.25) is 0 Å². The highest BCUT2D eigenvalue weighted by molar-refractivity contribution is 6.10. The number of nitrogens with zero attached hydrogens (tertiary/aromatic N) is 5. The molecular weight excluding hydrogens is 767 g/mol. The summed E-state index contributed by atoms with van der Waals surface area (Å²) in [5.41, 5.74) is 14.9. The smallest absolute Gasteiger partial charge is 0.160 e. The zero-order chi connectivity index (χ0) is 43.3. The minimum atomic E-state index is -0.0574. The Hall–Kier alpha value is -7.50. The predicted molar refractivity (Wildman–Crippen MR) is 262 cm³/mol. The summed E-state index contributed by atoms with van der Waals surface area (Å²) in [6.45, 7) is 13.7. The Balaban J connectivity index is 1.31. The maximum Gasteiger partial charge on any atom is 0.160 e. The van der Waals surface area contributed by atoms with Crippen LogP contribution in [0.1, 0.15) is 52.7 Å². The molecule has 0 fully saturated rings. The van der Waals surface area contributed by atoms with Crippen LogP contribution in [0.5, 0.6) is 0 Å². The summed E-state index contributed by atoms with van der Waals surface area (Å²) in [5.74, 6) is 1.29. The van der Waals surface area contributed by atoms with Gasteiger partial charge in [0.1, 0.15) is 0 Å². The Morgan fingerprint density at radius 3 is 1.14 bits per heavy atom. The number of fused-ring (bicyclic) bond motifs is 3. The summed E-state index contributed by atoms with van der Waals surface area (Å²) in [7, 11) is 0. The van der Waals surface area contributed by atoms with Crippen LogP contribution in [0.3, 0.4) is 0 Å². The topological polar surface area (TPSA) is 56.5 Å². The number of hydrogen-bond donors (Lipinski definition) is 0. The second-order valence-corrected chi connectivity index (χ2v) is 18.4. The summed E-state index contributed by atoms with van der Waals surface area (Å²) in [6, 6.07) is 66.2. The van der Waals surface area contributed by atoms with Crippen LogP contribution < -0.4 is 0 Å². The predicted octanol–water partition coefficient (Wildman–Crippen LogP) is 15.0. The van der Waals surface area contributed by atoms with Crippen molar-refractivity contribution < 1.29 is 0 Å². The Morgan fingerprint density at radius 2 is 0.714 bits per heavy atom. The first-order valence-electron chi connectivity index (χ1n) is 21.7. The van der Waals surface area contributed by atoms with E-state index in [0.29, 0.717) is 11.6 Å². The van der Waals surface area contributed by atoms with Gasteiger partial charge in [-0.15, -0.1) is 0 Å². The van der Waals surface area contributed by atoms with Gasteiger partial charge in [0.15, 0.2) is 11.6 Å². The minimum absolute atomic E-state index is 0.0574. The molecule has 10 rings (SSSR count).